The van der Waals surface area contributed by atoms with E-state index in [2.05, 4.69) is 5.32 Å². The van der Waals surface area contributed by atoms with Crippen LogP contribution in [-0.4, -0.2) is 36.9 Å². The smallest absolute Gasteiger partial charge is 0.341 e. The summed E-state index contributed by atoms with van der Waals surface area (Å²) in [5.41, 5.74) is 0.960. The fraction of sp³-hybridized carbons (Fsp3) is 0.500. The molecule has 0 aromatic heterocycles. The van der Waals surface area contributed by atoms with Crippen LogP contribution in [0, 0.1) is 0 Å². The van der Waals surface area contributed by atoms with Gasteiger partial charge in [0.05, 0.1) is 6.10 Å². The third-order valence-corrected chi connectivity index (χ3v) is 3.04. The van der Waals surface area contributed by atoms with Gasteiger partial charge in [0.25, 0.3) is 0 Å². The van der Waals surface area contributed by atoms with E-state index in [1.807, 2.05) is 18.2 Å². The lowest BCUT2D eigenvalue weighted by Crippen LogP contribution is -2.26. The fourth-order valence-corrected chi connectivity index (χ4v) is 2.10. The Labute approximate surface area is 112 Å². The number of carboxylic acids is 1. The lowest BCUT2D eigenvalue weighted by atomic mass is 10.2. The highest BCUT2D eigenvalue weighted by atomic mass is 16.5. The van der Waals surface area contributed by atoms with Gasteiger partial charge in [-0.3, -0.25) is 0 Å². The van der Waals surface area contributed by atoms with Crippen LogP contribution in [0.4, 0.5) is 0 Å². The first-order valence-corrected chi connectivity index (χ1v) is 6.50. The molecule has 1 saturated heterocycles. The van der Waals surface area contributed by atoms with Crippen LogP contribution >= 0.6 is 0 Å². The maximum absolute atomic E-state index is 10.5. The zero-order valence-electron chi connectivity index (χ0n) is 10.8. The maximum Gasteiger partial charge on any atom is 0.341 e. The van der Waals surface area contributed by atoms with Crippen LogP contribution in [0.3, 0.4) is 0 Å². The average Bonchev–Trinajstić information content (AvgIpc) is 2.91. The highest BCUT2D eigenvalue weighted by molar-refractivity contribution is 5.68. The maximum atomic E-state index is 10.5. The number of benzene rings is 1. The van der Waals surface area contributed by atoms with Crippen LogP contribution in [0.5, 0.6) is 5.75 Å². The molecule has 1 unspecified atom stereocenters. The van der Waals surface area contributed by atoms with Gasteiger partial charge < -0.3 is 19.9 Å². The van der Waals surface area contributed by atoms with Gasteiger partial charge in [0.2, 0.25) is 0 Å². The summed E-state index contributed by atoms with van der Waals surface area (Å²) < 4.78 is 10.8. The molecule has 1 fully saturated rings. The summed E-state index contributed by atoms with van der Waals surface area (Å²) in [6.45, 7) is 2.00. The van der Waals surface area contributed by atoms with Gasteiger partial charge in [0.15, 0.2) is 6.61 Å². The SMILES string of the molecule is O=C(O)COc1ccccc1CNCC1CCCO1. The van der Waals surface area contributed by atoms with E-state index < -0.39 is 5.97 Å². The summed E-state index contributed by atoms with van der Waals surface area (Å²) in [5.74, 6) is -0.355. The van der Waals surface area contributed by atoms with Crippen molar-refractivity contribution in [2.24, 2.45) is 0 Å². The van der Waals surface area contributed by atoms with Crippen LogP contribution in [0.15, 0.2) is 24.3 Å². The summed E-state index contributed by atoms with van der Waals surface area (Å²) >= 11 is 0. The Bertz CT molecular complexity index is 416. The first-order valence-electron chi connectivity index (χ1n) is 6.50. The number of aliphatic carboxylic acids is 1. The van der Waals surface area contributed by atoms with Crippen LogP contribution in [0.25, 0.3) is 0 Å². The van der Waals surface area contributed by atoms with Gasteiger partial charge in [0.1, 0.15) is 5.75 Å². The number of hydrogen-bond donors (Lipinski definition) is 2. The van der Waals surface area contributed by atoms with Crippen molar-refractivity contribution in [3.05, 3.63) is 29.8 Å². The third-order valence-electron chi connectivity index (χ3n) is 3.04. The van der Waals surface area contributed by atoms with E-state index in [-0.39, 0.29) is 6.61 Å². The molecule has 0 bridgehead atoms. The first kappa shape index (κ1) is 13.8. The van der Waals surface area contributed by atoms with Gasteiger partial charge in [0, 0.05) is 25.3 Å². The molecule has 19 heavy (non-hydrogen) atoms. The third kappa shape index (κ3) is 4.54. The Balaban J connectivity index is 1.82. The van der Waals surface area contributed by atoms with Crippen molar-refractivity contribution in [3.63, 3.8) is 0 Å². The van der Waals surface area contributed by atoms with Crippen LogP contribution < -0.4 is 10.1 Å². The van der Waals surface area contributed by atoms with Crippen molar-refractivity contribution < 1.29 is 19.4 Å². The molecule has 1 aliphatic heterocycles. The quantitative estimate of drug-likeness (QED) is 0.780. The van der Waals surface area contributed by atoms with E-state index >= 15 is 0 Å². The second-order valence-electron chi connectivity index (χ2n) is 4.56. The predicted octanol–water partition coefficient (Wildman–Crippen LogP) is 1.42. The molecule has 0 saturated carbocycles. The molecule has 2 rings (SSSR count). The summed E-state index contributed by atoms with van der Waals surface area (Å²) in [6.07, 6.45) is 2.53. The van der Waals surface area contributed by atoms with E-state index in [1.54, 1.807) is 6.07 Å². The Morgan fingerprint density at radius 2 is 2.32 bits per heavy atom. The fourth-order valence-electron chi connectivity index (χ4n) is 2.10. The molecule has 2 N–H and O–H groups in total. The largest absolute Gasteiger partial charge is 0.482 e. The minimum Gasteiger partial charge on any atom is -0.482 e. The molecule has 0 aliphatic carbocycles. The van der Waals surface area contributed by atoms with Crippen molar-refractivity contribution >= 4 is 5.97 Å². The number of nitrogens with one attached hydrogen (secondary N) is 1. The van der Waals surface area contributed by atoms with Crippen molar-refractivity contribution in [3.8, 4) is 5.75 Å². The van der Waals surface area contributed by atoms with Crippen LogP contribution in [-0.2, 0) is 16.1 Å². The van der Waals surface area contributed by atoms with Gasteiger partial charge in [-0.25, -0.2) is 4.79 Å². The highest BCUT2D eigenvalue weighted by Crippen LogP contribution is 2.18. The second-order valence-corrected chi connectivity index (χ2v) is 4.56. The molecular weight excluding hydrogens is 246 g/mol. The van der Waals surface area contributed by atoms with Gasteiger partial charge in [-0.15, -0.1) is 0 Å². The second kappa shape index (κ2) is 7.11. The van der Waals surface area contributed by atoms with Gasteiger partial charge in [-0.05, 0) is 18.9 Å². The number of carbonyl (C=O) groups is 1. The van der Waals surface area contributed by atoms with Crippen molar-refractivity contribution in [2.75, 3.05) is 19.8 Å². The zero-order chi connectivity index (χ0) is 13.5. The van der Waals surface area contributed by atoms with E-state index in [9.17, 15) is 4.79 Å². The Morgan fingerprint density at radius 1 is 1.47 bits per heavy atom. The standard InChI is InChI=1S/C14H19NO4/c16-14(17)10-19-13-6-2-1-4-11(13)8-15-9-12-5-3-7-18-12/h1-2,4,6,12,15H,3,5,7-10H2,(H,16,17). The lowest BCUT2D eigenvalue weighted by molar-refractivity contribution is -0.139. The molecule has 5 nitrogen and oxygen atoms in total. The van der Waals surface area contributed by atoms with Crippen molar-refractivity contribution in [1.82, 2.24) is 5.32 Å². The molecule has 1 aromatic carbocycles. The number of carboxylic acid groups (broad SMARTS) is 1. The summed E-state index contributed by atoms with van der Waals surface area (Å²) in [5, 5.41) is 11.9. The lowest BCUT2D eigenvalue weighted by Gasteiger charge is -2.13. The van der Waals surface area contributed by atoms with E-state index in [0.29, 0.717) is 18.4 Å². The van der Waals surface area contributed by atoms with E-state index in [0.717, 1.165) is 31.6 Å². The number of hydrogen-bond acceptors (Lipinski definition) is 4. The molecule has 104 valence electrons. The predicted molar refractivity (Wildman–Crippen MR) is 70.3 cm³/mol. The summed E-state index contributed by atoms with van der Waals surface area (Å²) in [4.78, 5) is 10.5. The normalized spacial score (nSPS) is 18.4. The average molecular weight is 265 g/mol. The van der Waals surface area contributed by atoms with Gasteiger partial charge in [-0.1, -0.05) is 18.2 Å². The van der Waals surface area contributed by atoms with Gasteiger partial charge in [-0.2, -0.15) is 0 Å². The minimum absolute atomic E-state index is 0.298. The molecular formula is C14H19NO4. The van der Waals surface area contributed by atoms with Crippen molar-refractivity contribution in [1.29, 1.82) is 0 Å². The number of rotatable bonds is 7. The summed E-state index contributed by atoms with van der Waals surface area (Å²) in [7, 11) is 0. The summed E-state index contributed by atoms with van der Waals surface area (Å²) in [6, 6.07) is 7.46. The molecule has 5 heteroatoms. The molecule has 1 atom stereocenters. The Kier molecular flexibility index (Phi) is 5.18. The molecule has 1 aliphatic rings. The first-order chi connectivity index (χ1) is 9.25. The Hall–Kier alpha value is -1.59. The molecule has 0 radical (unpaired) electrons. The monoisotopic (exact) mass is 265 g/mol. The molecule has 0 amide bonds. The van der Waals surface area contributed by atoms with Crippen LogP contribution in [0.2, 0.25) is 0 Å². The minimum atomic E-state index is -0.970. The van der Waals surface area contributed by atoms with E-state index in [1.165, 1.54) is 0 Å². The van der Waals surface area contributed by atoms with Crippen LogP contribution in [0.1, 0.15) is 18.4 Å². The van der Waals surface area contributed by atoms with E-state index in [4.69, 9.17) is 14.6 Å². The topological polar surface area (TPSA) is 67.8 Å². The molecule has 1 aromatic rings. The molecule has 0 spiro atoms. The van der Waals surface area contributed by atoms with Gasteiger partial charge >= 0.3 is 5.97 Å². The molecule has 1 heterocycles. The number of ether oxygens (including phenoxy) is 2. The van der Waals surface area contributed by atoms with Crippen molar-refractivity contribution in [2.45, 2.75) is 25.5 Å². The Morgan fingerprint density at radius 3 is 3.05 bits per heavy atom. The highest BCUT2D eigenvalue weighted by Gasteiger charge is 2.14. The zero-order valence-corrected chi connectivity index (χ0v) is 10.8. The number of para-hydroxylation sites is 1.